The fraction of sp³-hybridized carbons (Fsp3) is 0.391. The second kappa shape index (κ2) is 8.93. The molecule has 1 aliphatic heterocycles. The summed E-state index contributed by atoms with van der Waals surface area (Å²) in [5.41, 5.74) is 0.550. The molecule has 1 fully saturated rings. The SMILES string of the molecule is CC(C)(C)OC(=O)N1CCC[C@@H](Nc2cc(-n3cncn3)nc(-c3cnc4ccc(F)cn34)n2)C1. The zero-order valence-electron chi connectivity index (χ0n) is 19.7. The van der Waals surface area contributed by atoms with E-state index in [-0.39, 0.29) is 12.1 Å². The van der Waals surface area contributed by atoms with Gasteiger partial charge in [-0.15, -0.1) is 0 Å². The fourth-order valence-corrected chi connectivity index (χ4v) is 3.98. The Hall–Kier alpha value is -4.09. The van der Waals surface area contributed by atoms with Crippen LogP contribution >= 0.6 is 0 Å². The van der Waals surface area contributed by atoms with E-state index in [0.717, 1.165) is 12.8 Å². The summed E-state index contributed by atoms with van der Waals surface area (Å²) in [6.45, 7) is 6.67. The molecule has 4 aromatic heterocycles. The van der Waals surface area contributed by atoms with Gasteiger partial charge in [-0.1, -0.05) is 0 Å². The van der Waals surface area contributed by atoms with Crippen LogP contribution in [0, 0.1) is 5.82 Å². The lowest BCUT2D eigenvalue weighted by Gasteiger charge is -2.34. The average Bonchev–Trinajstić information content (AvgIpc) is 3.48. The summed E-state index contributed by atoms with van der Waals surface area (Å²) in [7, 11) is 0. The first-order valence-electron chi connectivity index (χ1n) is 11.4. The zero-order valence-corrected chi connectivity index (χ0v) is 19.7. The van der Waals surface area contributed by atoms with Crippen LogP contribution < -0.4 is 5.32 Å². The summed E-state index contributed by atoms with van der Waals surface area (Å²) < 4.78 is 22.6. The molecule has 1 aliphatic rings. The van der Waals surface area contributed by atoms with E-state index >= 15 is 0 Å². The number of piperidine rings is 1. The van der Waals surface area contributed by atoms with Gasteiger partial charge in [-0.2, -0.15) is 5.10 Å². The van der Waals surface area contributed by atoms with Crippen LogP contribution in [-0.4, -0.2) is 69.8 Å². The van der Waals surface area contributed by atoms with Gasteiger partial charge in [-0.05, 0) is 45.7 Å². The van der Waals surface area contributed by atoms with Gasteiger partial charge in [0.1, 0.15) is 41.2 Å². The number of nitrogens with one attached hydrogen (secondary N) is 1. The molecule has 0 aromatic carbocycles. The van der Waals surface area contributed by atoms with E-state index in [4.69, 9.17) is 4.74 Å². The summed E-state index contributed by atoms with van der Waals surface area (Å²) in [5.74, 6) is 0.981. The van der Waals surface area contributed by atoms with Gasteiger partial charge in [0.05, 0.1) is 6.20 Å². The third-order valence-electron chi connectivity index (χ3n) is 5.49. The molecule has 0 bridgehead atoms. The normalized spacial score (nSPS) is 16.5. The summed E-state index contributed by atoms with van der Waals surface area (Å²) in [4.78, 5) is 31.9. The van der Waals surface area contributed by atoms with Crippen molar-refractivity contribution < 1.29 is 13.9 Å². The van der Waals surface area contributed by atoms with Crippen molar-refractivity contribution in [3.05, 3.63) is 49.1 Å². The van der Waals surface area contributed by atoms with E-state index in [0.29, 0.717) is 41.9 Å². The molecule has 12 heteroatoms. The zero-order chi connectivity index (χ0) is 24.6. The van der Waals surface area contributed by atoms with Crippen LogP contribution in [0.4, 0.5) is 15.0 Å². The van der Waals surface area contributed by atoms with Crippen molar-refractivity contribution in [2.45, 2.75) is 45.3 Å². The molecule has 5 rings (SSSR count). The first-order chi connectivity index (χ1) is 16.7. The van der Waals surface area contributed by atoms with E-state index in [9.17, 15) is 9.18 Å². The minimum atomic E-state index is -0.556. The molecule has 5 heterocycles. The topological polar surface area (TPSA) is 115 Å². The van der Waals surface area contributed by atoms with E-state index in [1.165, 1.54) is 29.6 Å². The van der Waals surface area contributed by atoms with Crippen molar-refractivity contribution in [3.8, 4) is 17.3 Å². The maximum atomic E-state index is 13.9. The van der Waals surface area contributed by atoms with Crippen molar-refractivity contribution in [1.29, 1.82) is 0 Å². The van der Waals surface area contributed by atoms with E-state index in [2.05, 4.69) is 30.4 Å². The number of imidazole rings is 1. The van der Waals surface area contributed by atoms with Crippen molar-refractivity contribution in [1.82, 2.24) is 39.0 Å². The van der Waals surface area contributed by atoms with Gasteiger partial charge in [0.25, 0.3) is 0 Å². The van der Waals surface area contributed by atoms with Gasteiger partial charge in [-0.25, -0.2) is 33.8 Å². The van der Waals surface area contributed by atoms with E-state index < -0.39 is 11.4 Å². The number of amides is 1. The number of carbonyl (C=O) groups excluding carboxylic acids is 1. The molecule has 0 radical (unpaired) electrons. The molecular weight excluding hydrogens is 453 g/mol. The van der Waals surface area contributed by atoms with Crippen LogP contribution in [0.1, 0.15) is 33.6 Å². The standard InChI is InChI=1S/C23H26FN9O2/c1-23(2,3)35-22(34)31-8-4-5-16(12-31)28-18-9-20(33-14-25-13-27-33)30-21(29-18)17-10-26-19-7-6-15(24)11-32(17)19/h6-7,9-11,13-14,16H,4-5,8,12H2,1-3H3,(H,28,29,30)/t16-/m1/s1. The molecule has 35 heavy (non-hydrogen) atoms. The Labute approximate surface area is 201 Å². The highest BCUT2D eigenvalue weighted by atomic mass is 19.1. The number of hydrogen-bond donors (Lipinski definition) is 1. The molecule has 1 amide bonds. The predicted octanol–water partition coefficient (Wildman–Crippen LogP) is 3.32. The van der Waals surface area contributed by atoms with Crippen LogP contribution in [0.5, 0.6) is 0 Å². The van der Waals surface area contributed by atoms with Crippen LogP contribution in [0.15, 0.2) is 43.2 Å². The number of carbonyl (C=O) groups is 1. The molecule has 11 nitrogen and oxygen atoms in total. The number of hydrogen-bond acceptors (Lipinski definition) is 8. The summed E-state index contributed by atoms with van der Waals surface area (Å²) >= 11 is 0. The minimum Gasteiger partial charge on any atom is -0.444 e. The molecule has 4 aromatic rings. The molecule has 1 atom stereocenters. The van der Waals surface area contributed by atoms with Gasteiger partial charge in [0, 0.05) is 31.4 Å². The largest absolute Gasteiger partial charge is 0.444 e. The highest BCUT2D eigenvalue weighted by molar-refractivity contribution is 5.68. The highest BCUT2D eigenvalue weighted by Gasteiger charge is 2.28. The number of ether oxygens (including phenoxy) is 1. The van der Waals surface area contributed by atoms with Crippen molar-refractivity contribution >= 4 is 17.6 Å². The third kappa shape index (κ3) is 5.05. The monoisotopic (exact) mass is 479 g/mol. The lowest BCUT2D eigenvalue weighted by atomic mass is 10.1. The molecule has 0 unspecified atom stereocenters. The van der Waals surface area contributed by atoms with Gasteiger partial charge < -0.3 is 15.0 Å². The number of pyridine rings is 1. The second-order valence-corrected chi connectivity index (χ2v) is 9.40. The first kappa shape index (κ1) is 22.7. The Bertz CT molecular complexity index is 1350. The number of likely N-dealkylation sites (tertiary alicyclic amines) is 1. The second-order valence-electron chi connectivity index (χ2n) is 9.40. The van der Waals surface area contributed by atoms with Crippen LogP contribution in [-0.2, 0) is 4.74 Å². The fourth-order valence-electron chi connectivity index (χ4n) is 3.98. The number of fused-ring (bicyclic) bond motifs is 1. The minimum absolute atomic E-state index is 0.0396. The summed E-state index contributed by atoms with van der Waals surface area (Å²) in [6, 6.07) is 4.66. The summed E-state index contributed by atoms with van der Waals surface area (Å²) in [6.07, 6.45) is 7.26. The Morgan fingerprint density at radius 1 is 1.26 bits per heavy atom. The summed E-state index contributed by atoms with van der Waals surface area (Å²) in [5, 5.41) is 7.61. The molecule has 0 aliphatic carbocycles. The number of aromatic nitrogens is 7. The molecule has 0 saturated carbocycles. The predicted molar refractivity (Wildman–Crippen MR) is 126 cm³/mol. The molecule has 1 saturated heterocycles. The van der Waals surface area contributed by atoms with Crippen LogP contribution in [0.3, 0.4) is 0 Å². The lowest BCUT2D eigenvalue weighted by molar-refractivity contribution is 0.0206. The van der Waals surface area contributed by atoms with E-state index in [1.54, 1.807) is 27.6 Å². The molecule has 0 spiro atoms. The Morgan fingerprint density at radius 2 is 2.11 bits per heavy atom. The van der Waals surface area contributed by atoms with Crippen molar-refractivity contribution in [2.24, 2.45) is 0 Å². The lowest BCUT2D eigenvalue weighted by Crippen LogP contribution is -2.47. The molecular formula is C23H26FN9O2. The number of halogens is 1. The quantitative estimate of drug-likeness (QED) is 0.474. The Kier molecular flexibility index (Phi) is 5.79. The smallest absolute Gasteiger partial charge is 0.410 e. The van der Waals surface area contributed by atoms with E-state index in [1.807, 2.05) is 20.8 Å². The average molecular weight is 480 g/mol. The maximum absolute atomic E-state index is 13.9. The Balaban J connectivity index is 1.45. The van der Waals surface area contributed by atoms with Crippen LogP contribution in [0.2, 0.25) is 0 Å². The van der Waals surface area contributed by atoms with Gasteiger partial charge in [-0.3, -0.25) is 4.40 Å². The van der Waals surface area contributed by atoms with Gasteiger partial charge in [0.2, 0.25) is 0 Å². The van der Waals surface area contributed by atoms with Gasteiger partial charge >= 0.3 is 6.09 Å². The Morgan fingerprint density at radius 3 is 2.89 bits per heavy atom. The molecule has 1 N–H and O–H groups in total. The number of rotatable bonds is 4. The number of anilines is 1. The number of nitrogens with zero attached hydrogens (tertiary/aromatic N) is 8. The van der Waals surface area contributed by atoms with Crippen LogP contribution in [0.25, 0.3) is 23.0 Å². The molecule has 182 valence electrons. The maximum Gasteiger partial charge on any atom is 0.410 e. The van der Waals surface area contributed by atoms with Gasteiger partial charge in [0.15, 0.2) is 11.6 Å². The highest BCUT2D eigenvalue weighted by Crippen LogP contribution is 2.23. The van der Waals surface area contributed by atoms with Crippen molar-refractivity contribution in [3.63, 3.8) is 0 Å². The third-order valence-corrected chi connectivity index (χ3v) is 5.49. The first-order valence-corrected chi connectivity index (χ1v) is 11.4. The van der Waals surface area contributed by atoms with Crippen molar-refractivity contribution in [2.75, 3.05) is 18.4 Å².